The molecule has 1 fully saturated rings. The van der Waals surface area contributed by atoms with Gasteiger partial charge >= 0.3 is 5.97 Å². The van der Waals surface area contributed by atoms with Gasteiger partial charge in [0.05, 0.1) is 17.6 Å². The largest absolute Gasteiger partial charge is 0.465 e. The molecule has 0 saturated carbocycles. The maximum atomic E-state index is 12.4. The van der Waals surface area contributed by atoms with Gasteiger partial charge in [-0.05, 0) is 24.6 Å². The van der Waals surface area contributed by atoms with E-state index >= 15 is 0 Å². The first kappa shape index (κ1) is 24.1. The van der Waals surface area contributed by atoms with Gasteiger partial charge in [-0.2, -0.15) is 0 Å². The molecule has 0 radical (unpaired) electrons. The highest BCUT2D eigenvalue weighted by molar-refractivity contribution is 7.89. The van der Waals surface area contributed by atoms with Crippen LogP contribution in [0.1, 0.15) is 15.9 Å². The number of hydrogen-bond donors (Lipinski definition) is 2. The topological polar surface area (TPSA) is 87.7 Å². The third-order valence-corrected chi connectivity index (χ3v) is 5.31. The van der Waals surface area contributed by atoms with E-state index in [1.165, 1.54) is 19.2 Å². The number of benzene rings is 1. The number of ether oxygens (including phenoxy) is 1. The summed E-state index contributed by atoms with van der Waals surface area (Å²) < 4.78 is 32.0. The number of nitrogens with one attached hydrogen (secondary N) is 2. The molecule has 1 aliphatic heterocycles. The van der Waals surface area contributed by atoms with Crippen molar-refractivity contribution >= 4 is 40.8 Å². The lowest BCUT2D eigenvalue weighted by atomic mass is 10.1. The van der Waals surface area contributed by atoms with Crippen molar-refractivity contribution in [1.82, 2.24) is 14.9 Å². The third-order valence-electron chi connectivity index (χ3n) is 3.85. The van der Waals surface area contributed by atoms with Gasteiger partial charge in [0.2, 0.25) is 10.0 Å². The lowest BCUT2D eigenvalue weighted by molar-refractivity contribution is 0.0599. The second-order valence-electron chi connectivity index (χ2n) is 5.46. The van der Waals surface area contributed by atoms with Gasteiger partial charge in [-0.15, -0.1) is 24.8 Å². The van der Waals surface area contributed by atoms with Crippen LogP contribution in [0.25, 0.3) is 0 Å². The summed E-state index contributed by atoms with van der Waals surface area (Å²) in [6, 6.07) is 4.46. The van der Waals surface area contributed by atoms with E-state index < -0.39 is 16.0 Å². The fraction of sp³-hybridized carbons (Fsp3) is 0.533. The van der Waals surface area contributed by atoms with Crippen molar-refractivity contribution < 1.29 is 17.9 Å². The van der Waals surface area contributed by atoms with E-state index in [9.17, 15) is 13.2 Å². The van der Waals surface area contributed by atoms with Crippen molar-refractivity contribution in [3.05, 3.63) is 29.3 Å². The Morgan fingerprint density at radius 2 is 1.92 bits per heavy atom. The van der Waals surface area contributed by atoms with E-state index in [0.717, 1.165) is 26.2 Å². The second-order valence-corrected chi connectivity index (χ2v) is 7.22. The number of halogens is 2. The molecule has 1 aromatic carbocycles. The molecule has 1 aromatic rings. The van der Waals surface area contributed by atoms with Crippen LogP contribution in [-0.4, -0.2) is 65.7 Å². The standard InChI is InChI=1S/C15H23N3O4S.2ClH/c1-12-3-4-13(11-14(12)15(19)22-2)23(20,21)17-7-10-18-8-5-16-6-9-18;;/h3-4,11,16-17H,5-10H2,1-2H3;2*1H. The number of hydrogen-bond acceptors (Lipinski definition) is 6. The monoisotopic (exact) mass is 413 g/mol. The molecule has 0 bridgehead atoms. The minimum absolute atomic E-state index is 0. The van der Waals surface area contributed by atoms with E-state index in [-0.39, 0.29) is 35.3 Å². The molecule has 0 amide bonds. The predicted molar refractivity (Wildman–Crippen MR) is 102 cm³/mol. The molecule has 0 aromatic heterocycles. The van der Waals surface area contributed by atoms with E-state index in [4.69, 9.17) is 0 Å². The summed E-state index contributed by atoms with van der Waals surface area (Å²) in [5.74, 6) is -0.541. The normalized spacial score (nSPS) is 15.0. The summed E-state index contributed by atoms with van der Waals surface area (Å²) in [7, 11) is -2.37. The van der Waals surface area contributed by atoms with Crippen molar-refractivity contribution in [2.45, 2.75) is 11.8 Å². The molecule has 25 heavy (non-hydrogen) atoms. The van der Waals surface area contributed by atoms with E-state index in [0.29, 0.717) is 18.7 Å². The molecule has 10 heteroatoms. The molecule has 0 spiro atoms. The van der Waals surface area contributed by atoms with Gasteiger partial charge in [0, 0.05) is 39.3 Å². The lowest BCUT2D eigenvalue weighted by Crippen LogP contribution is -2.46. The zero-order valence-corrected chi connectivity index (χ0v) is 16.7. The molecule has 1 saturated heterocycles. The summed E-state index contributed by atoms with van der Waals surface area (Å²) in [5, 5.41) is 3.25. The Hall–Kier alpha value is -0.900. The number of esters is 1. The zero-order valence-electron chi connectivity index (χ0n) is 14.3. The van der Waals surface area contributed by atoms with Crippen LogP contribution in [0.15, 0.2) is 23.1 Å². The van der Waals surface area contributed by atoms with Gasteiger partial charge < -0.3 is 10.1 Å². The molecule has 0 aliphatic carbocycles. The highest BCUT2D eigenvalue weighted by atomic mass is 35.5. The van der Waals surface area contributed by atoms with Crippen LogP contribution >= 0.6 is 24.8 Å². The van der Waals surface area contributed by atoms with Gasteiger partial charge in [0.25, 0.3) is 0 Å². The van der Waals surface area contributed by atoms with Crippen LogP contribution in [0.2, 0.25) is 0 Å². The van der Waals surface area contributed by atoms with Crippen LogP contribution < -0.4 is 10.0 Å². The Kier molecular flexibility index (Phi) is 10.6. The van der Waals surface area contributed by atoms with Gasteiger partial charge in [0.1, 0.15) is 0 Å². The van der Waals surface area contributed by atoms with Crippen LogP contribution in [0.4, 0.5) is 0 Å². The number of rotatable bonds is 6. The average molecular weight is 414 g/mol. The van der Waals surface area contributed by atoms with E-state index in [2.05, 4.69) is 19.7 Å². The highest BCUT2D eigenvalue weighted by Gasteiger charge is 2.18. The van der Waals surface area contributed by atoms with E-state index in [1.807, 2.05) is 0 Å². The zero-order chi connectivity index (χ0) is 16.9. The lowest BCUT2D eigenvalue weighted by Gasteiger charge is -2.27. The number of nitrogens with zero attached hydrogens (tertiary/aromatic N) is 1. The Morgan fingerprint density at radius 1 is 1.28 bits per heavy atom. The van der Waals surface area contributed by atoms with E-state index in [1.54, 1.807) is 13.0 Å². The molecule has 2 N–H and O–H groups in total. The Bertz CT molecular complexity index is 665. The summed E-state index contributed by atoms with van der Waals surface area (Å²) in [4.78, 5) is 14.0. The van der Waals surface area contributed by atoms with Crippen LogP contribution in [-0.2, 0) is 14.8 Å². The fourth-order valence-electron chi connectivity index (χ4n) is 2.45. The van der Waals surface area contributed by atoms with Gasteiger partial charge in [-0.3, -0.25) is 4.90 Å². The Balaban J connectivity index is 0.00000288. The van der Waals surface area contributed by atoms with Crippen LogP contribution in [0.5, 0.6) is 0 Å². The summed E-state index contributed by atoms with van der Waals surface area (Å²) in [6.07, 6.45) is 0. The highest BCUT2D eigenvalue weighted by Crippen LogP contribution is 2.16. The van der Waals surface area contributed by atoms with Gasteiger partial charge in [-0.25, -0.2) is 17.9 Å². The minimum Gasteiger partial charge on any atom is -0.465 e. The van der Waals surface area contributed by atoms with Crippen molar-refractivity contribution in [1.29, 1.82) is 0 Å². The summed E-state index contributed by atoms with van der Waals surface area (Å²) in [6.45, 7) is 6.42. The number of aryl methyl sites for hydroxylation is 1. The molecule has 2 rings (SSSR count). The van der Waals surface area contributed by atoms with Gasteiger partial charge in [0.15, 0.2) is 0 Å². The van der Waals surface area contributed by atoms with Crippen LogP contribution in [0, 0.1) is 6.92 Å². The first-order valence-electron chi connectivity index (χ1n) is 7.56. The number of piperazine rings is 1. The average Bonchev–Trinajstić information content (AvgIpc) is 2.55. The summed E-state index contributed by atoms with van der Waals surface area (Å²) in [5.41, 5.74) is 0.939. The quantitative estimate of drug-likeness (QED) is 0.670. The van der Waals surface area contributed by atoms with Gasteiger partial charge in [-0.1, -0.05) is 6.07 Å². The molecular weight excluding hydrogens is 389 g/mol. The minimum atomic E-state index is -3.64. The molecule has 0 atom stereocenters. The second kappa shape index (κ2) is 10.9. The van der Waals surface area contributed by atoms with Crippen LogP contribution in [0.3, 0.4) is 0 Å². The molecule has 7 nitrogen and oxygen atoms in total. The number of carbonyl (C=O) groups is 1. The molecule has 1 heterocycles. The predicted octanol–water partition coefficient (Wildman–Crippen LogP) is 0.809. The first-order valence-corrected chi connectivity index (χ1v) is 9.04. The third kappa shape index (κ3) is 6.73. The Morgan fingerprint density at radius 3 is 2.52 bits per heavy atom. The molecule has 144 valence electrons. The van der Waals surface area contributed by atoms with Crippen molar-refractivity contribution in [2.24, 2.45) is 0 Å². The molecule has 0 unspecified atom stereocenters. The number of carbonyl (C=O) groups excluding carboxylic acids is 1. The van der Waals surface area contributed by atoms with Crippen molar-refractivity contribution in [3.63, 3.8) is 0 Å². The maximum absolute atomic E-state index is 12.4. The first-order chi connectivity index (χ1) is 10.9. The maximum Gasteiger partial charge on any atom is 0.338 e. The fourth-order valence-corrected chi connectivity index (χ4v) is 3.50. The van der Waals surface area contributed by atoms with Crippen molar-refractivity contribution in [2.75, 3.05) is 46.4 Å². The molecule has 1 aliphatic rings. The number of methoxy groups -OCH3 is 1. The number of sulfonamides is 1. The molecular formula is C15H25Cl2N3O4S. The van der Waals surface area contributed by atoms with Crippen molar-refractivity contribution in [3.8, 4) is 0 Å². The summed E-state index contributed by atoms with van der Waals surface area (Å²) >= 11 is 0. The SMILES string of the molecule is COC(=O)c1cc(S(=O)(=O)NCCN2CCNCC2)ccc1C.Cl.Cl. The Labute approximate surface area is 161 Å². The smallest absolute Gasteiger partial charge is 0.338 e.